The Hall–Kier alpha value is -2.60. The highest BCUT2D eigenvalue weighted by Crippen LogP contribution is 2.33. The molecule has 5 nitrogen and oxygen atoms in total. The van der Waals surface area contributed by atoms with Gasteiger partial charge in [-0.2, -0.15) is 0 Å². The van der Waals surface area contributed by atoms with Crippen LogP contribution in [0.4, 0.5) is 4.39 Å². The highest BCUT2D eigenvalue weighted by Gasteiger charge is 2.25. The zero-order valence-electron chi connectivity index (χ0n) is 17.0. The van der Waals surface area contributed by atoms with Crippen molar-refractivity contribution in [3.8, 4) is 11.5 Å². The van der Waals surface area contributed by atoms with Gasteiger partial charge in [-0.3, -0.25) is 0 Å². The molecular formula is C23H27FN2O3. The molecule has 3 aromatic rings. The monoisotopic (exact) mass is 398 g/mol. The zero-order chi connectivity index (χ0) is 20.2. The number of benzene rings is 2. The van der Waals surface area contributed by atoms with Crippen LogP contribution in [0.25, 0.3) is 11.0 Å². The Balaban J connectivity index is 1.24. The van der Waals surface area contributed by atoms with Crippen molar-refractivity contribution in [1.29, 1.82) is 0 Å². The van der Waals surface area contributed by atoms with E-state index in [-0.39, 0.29) is 5.82 Å². The molecule has 0 saturated carbocycles. The van der Waals surface area contributed by atoms with Crippen LogP contribution in [0.3, 0.4) is 0 Å². The fourth-order valence-corrected chi connectivity index (χ4v) is 4.02. The van der Waals surface area contributed by atoms with Gasteiger partial charge in [0.1, 0.15) is 5.82 Å². The number of aryl methyl sites for hydroxylation is 1. The first-order chi connectivity index (χ1) is 14.1. The van der Waals surface area contributed by atoms with E-state index in [0.29, 0.717) is 18.1 Å². The molecule has 0 amide bonds. The average Bonchev–Trinajstić information content (AvgIpc) is 3.15. The lowest BCUT2D eigenvalue weighted by molar-refractivity contribution is 0.189. The summed E-state index contributed by atoms with van der Waals surface area (Å²) in [6.07, 6.45) is 3.03. The van der Waals surface area contributed by atoms with Gasteiger partial charge in [-0.15, -0.1) is 0 Å². The molecule has 1 aliphatic rings. The Morgan fingerprint density at radius 3 is 2.76 bits per heavy atom. The minimum absolute atomic E-state index is 0.291. The summed E-state index contributed by atoms with van der Waals surface area (Å²) in [5.74, 6) is 1.66. The number of ether oxygens (including phenoxy) is 2. The number of hydrogen-bond acceptors (Lipinski definition) is 5. The van der Waals surface area contributed by atoms with E-state index in [1.54, 1.807) is 13.2 Å². The van der Waals surface area contributed by atoms with Crippen molar-refractivity contribution in [3.05, 3.63) is 53.5 Å². The quantitative estimate of drug-likeness (QED) is 0.528. The molecule has 1 fully saturated rings. The van der Waals surface area contributed by atoms with Crippen molar-refractivity contribution in [1.82, 2.24) is 10.1 Å². The third-order valence-electron chi connectivity index (χ3n) is 5.63. The third-order valence-corrected chi connectivity index (χ3v) is 5.63. The number of fused-ring (bicyclic) bond motifs is 1. The Bertz CT molecular complexity index is 964. The molecule has 1 saturated heterocycles. The van der Waals surface area contributed by atoms with Crippen LogP contribution in [0.2, 0.25) is 0 Å². The van der Waals surface area contributed by atoms with Crippen molar-refractivity contribution < 1.29 is 18.4 Å². The maximum absolute atomic E-state index is 13.3. The number of halogens is 1. The molecule has 6 heteroatoms. The van der Waals surface area contributed by atoms with Crippen LogP contribution in [-0.2, 0) is 0 Å². The van der Waals surface area contributed by atoms with Crippen LogP contribution in [0.1, 0.15) is 36.4 Å². The van der Waals surface area contributed by atoms with E-state index >= 15 is 0 Å². The number of aromatic nitrogens is 1. The van der Waals surface area contributed by atoms with Gasteiger partial charge >= 0.3 is 0 Å². The molecule has 0 unspecified atom stereocenters. The molecule has 0 spiro atoms. The molecule has 2 heterocycles. The molecule has 154 valence electrons. The Labute approximate surface area is 170 Å². The van der Waals surface area contributed by atoms with Crippen LogP contribution >= 0.6 is 0 Å². The van der Waals surface area contributed by atoms with E-state index in [1.165, 1.54) is 12.1 Å². The van der Waals surface area contributed by atoms with Crippen LogP contribution in [0.5, 0.6) is 11.5 Å². The van der Waals surface area contributed by atoms with E-state index in [0.717, 1.165) is 67.0 Å². The standard InChI is InChI=1S/C23H27FN2O3/c1-16-4-7-20(22(14-16)27-2)28-13-3-10-26-11-8-17(9-12-26)23-19-6-5-18(24)15-21(19)29-25-23/h4-7,14-15,17H,3,8-13H2,1-2H3. The van der Waals surface area contributed by atoms with Gasteiger partial charge in [0.15, 0.2) is 17.1 Å². The minimum atomic E-state index is -0.291. The summed E-state index contributed by atoms with van der Waals surface area (Å²) in [5, 5.41) is 5.16. The first-order valence-electron chi connectivity index (χ1n) is 10.2. The minimum Gasteiger partial charge on any atom is -0.493 e. The van der Waals surface area contributed by atoms with Crippen LogP contribution in [0.15, 0.2) is 40.9 Å². The predicted octanol–water partition coefficient (Wildman–Crippen LogP) is 4.93. The van der Waals surface area contributed by atoms with Crippen LogP contribution < -0.4 is 9.47 Å². The summed E-state index contributed by atoms with van der Waals surface area (Å²) in [6.45, 7) is 5.75. The Kier molecular flexibility index (Phi) is 6.00. The second-order valence-electron chi connectivity index (χ2n) is 7.68. The van der Waals surface area contributed by atoms with Gasteiger partial charge in [-0.25, -0.2) is 4.39 Å². The Morgan fingerprint density at radius 2 is 1.97 bits per heavy atom. The fraction of sp³-hybridized carbons (Fsp3) is 0.435. The lowest BCUT2D eigenvalue weighted by Crippen LogP contribution is -2.34. The normalized spacial score (nSPS) is 15.7. The van der Waals surface area contributed by atoms with Gasteiger partial charge in [-0.1, -0.05) is 11.2 Å². The average molecular weight is 398 g/mol. The number of methoxy groups -OCH3 is 1. The lowest BCUT2D eigenvalue weighted by Gasteiger charge is -2.31. The molecule has 1 aliphatic heterocycles. The van der Waals surface area contributed by atoms with Gasteiger partial charge in [-0.05, 0) is 69.1 Å². The van der Waals surface area contributed by atoms with E-state index in [4.69, 9.17) is 14.0 Å². The summed E-state index contributed by atoms with van der Waals surface area (Å²) < 4.78 is 30.0. The van der Waals surface area contributed by atoms with Crippen molar-refractivity contribution >= 4 is 11.0 Å². The number of likely N-dealkylation sites (tertiary alicyclic amines) is 1. The molecular weight excluding hydrogens is 371 g/mol. The molecule has 0 N–H and O–H groups in total. The topological polar surface area (TPSA) is 47.7 Å². The van der Waals surface area contributed by atoms with Gasteiger partial charge in [0, 0.05) is 23.9 Å². The van der Waals surface area contributed by atoms with Crippen molar-refractivity contribution in [2.45, 2.75) is 32.1 Å². The predicted molar refractivity (Wildman–Crippen MR) is 110 cm³/mol. The molecule has 0 radical (unpaired) electrons. The molecule has 1 aromatic heterocycles. The molecule has 2 aromatic carbocycles. The van der Waals surface area contributed by atoms with E-state index in [9.17, 15) is 4.39 Å². The molecule has 4 rings (SSSR count). The second kappa shape index (κ2) is 8.82. The Morgan fingerprint density at radius 1 is 1.14 bits per heavy atom. The van der Waals surface area contributed by atoms with Crippen LogP contribution in [0, 0.1) is 12.7 Å². The van der Waals surface area contributed by atoms with E-state index in [1.807, 2.05) is 25.1 Å². The largest absolute Gasteiger partial charge is 0.493 e. The van der Waals surface area contributed by atoms with Gasteiger partial charge in [0.2, 0.25) is 0 Å². The van der Waals surface area contributed by atoms with Gasteiger partial charge in [0.25, 0.3) is 0 Å². The summed E-state index contributed by atoms with van der Waals surface area (Å²) in [5.41, 5.74) is 2.66. The smallest absolute Gasteiger partial charge is 0.170 e. The maximum atomic E-state index is 13.3. The maximum Gasteiger partial charge on any atom is 0.170 e. The zero-order valence-corrected chi connectivity index (χ0v) is 17.0. The number of nitrogens with zero attached hydrogens (tertiary/aromatic N) is 2. The molecule has 0 bridgehead atoms. The van der Waals surface area contributed by atoms with Crippen molar-refractivity contribution in [2.75, 3.05) is 33.4 Å². The SMILES string of the molecule is COc1cc(C)ccc1OCCCN1CCC(c2noc3cc(F)ccc23)CC1. The van der Waals surface area contributed by atoms with E-state index < -0.39 is 0 Å². The van der Waals surface area contributed by atoms with E-state index in [2.05, 4.69) is 10.1 Å². The van der Waals surface area contributed by atoms with Crippen LogP contribution in [-0.4, -0.2) is 43.4 Å². The highest BCUT2D eigenvalue weighted by molar-refractivity contribution is 5.79. The van der Waals surface area contributed by atoms with Gasteiger partial charge < -0.3 is 18.9 Å². The third kappa shape index (κ3) is 4.53. The first kappa shape index (κ1) is 19.7. The first-order valence-corrected chi connectivity index (χ1v) is 10.2. The van der Waals surface area contributed by atoms with Gasteiger partial charge in [0.05, 0.1) is 19.4 Å². The molecule has 0 aliphatic carbocycles. The second-order valence-corrected chi connectivity index (χ2v) is 7.68. The number of rotatable bonds is 7. The number of piperidine rings is 1. The molecule has 29 heavy (non-hydrogen) atoms. The fourth-order valence-electron chi connectivity index (χ4n) is 4.02. The summed E-state index contributed by atoms with van der Waals surface area (Å²) in [6, 6.07) is 10.6. The van der Waals surface area contributed by atoms with Crippen molar-refractivity contribution in [2.24, 2.45) is 0 Å². The number of hydrogen-bond donors (Lipinski definition) is 0. The highest BCUT2D eigenvalue weighted by atomic mass is 19.1. The summed E-state index contributed by atoms with van der Waals surface area (Å²) in [4.78, 5) is 2.47. The summed E-state index contributed by atoms with van der Waals surface area (Å²) >= 11 is 0. The molecule has 0 atom stereocenters. The summed E-state index contributed by atoms with van der Waals surface area (Å²) in [7, 11) is 1.67. The lowest BCUT2D eigenvalue weighted by atomic mass is 9.91. The van der Waals surface area contributed by atoms with Crippen molar-refractivity contribution in [3.63, 3.8) is 0 Å².